The molecule has 0 saturated heterocycles. The fourth-order valence-electron chi connectivity index (χ4n) is 3.50. The van der Waals surface area contributed by atoms with Crippen molar-refractivity contribution in [2.24, 2.45) is 10.7 Å². The van der Waals surface area contributed by atoms with Crippen LogP contribution in [0.3, 0.4) is 0 Å². The second-order valence-corrected chi connectivity index (χ2v) is 9.86. The maximum Gasteiger partial charge on any atom is 0.310 e. The molecule has 0 aliphatic carbocycles. The molecule has 4 nitrogen and oxygen atoms in total. The number of rotatable bonds is 6. The molecule has 3 rings (SSSR count). The summed E-state index contributed by atoms with van der Waals surface area (Å²) < 4.78 is 82.2. The molecule has 1 atom stereocenters. The first-order chi connectivity index (χ1) is 15.0. The Bertz CT molecular complexity index is 1260. The third kappa shape index (κ3) is 4.87. The van der Waals surface area contributed by atoms with Gasteiger partial charge in [-0.2, -0.15) is 0 Å². The van der Waals surface area contributed by atoms with Crippen molar-refractivity contribution < 1.29 is 28.6 Å². The summed E-state index contributed by atoms with van der Waals surface area (Å²) in [5, 5.41) is 0. The molecule has 0 fully saturated rings. The van der Waals surface area contributed by atoms with Crippen LogP contribution in [0.15, 0.2) is 76.9 Å². The van der Waals surface area contributed by atoms with Gasteiger partial charge in [0.25, 0.3) is 0 Å². The van der Waals surface area contributed by atoms with Crippen molar-refractivity contribution in [1.82, 2.24) is 4.98 Å². The molecule has 176 valence electrons. The lowest BCUT2D eigenvalue weighted by molar-refractivity contribution is -0.120. The standard InChI is InChI=1S/C22H19F6N3OS/c1-14(32)22(31-15(2)29,17-6-3-7-19(11-17)33(24,25,26,27)28)18-8-9-21(23)20(12-18)16-5-4-10-30-13-16/h3-13H,1-2H3,(H2,29,31). The van der Waals surface area contributed by atoms with E-state index >= 15 is 0 Å². The number of Topliss-reactive ketones (excluding diaryl/α,β-unsaturated/α-hetero) is 1. The average Bonchev–Trinajstić information content (AvgIpc) is 2.71. The highest BCUT2D eigenvalue weighted by Crippen LogP contribution is 3.02. The summed E-state index contributed by atoms with van der Waals surface area (Å²) in [4.78, 5) is 18.7. The van der Waals surface area contributed by atoms with Crippen molar-refractivity contribution >= 4 is 21.8 Å². The first kappa shape index (κ1) is 24.3. The minimum Gasteiger partial charge on any atom is -0.388 e. The van der Waals surface area contributed by atoms with E-state index < -0.39 is 37.8 Å². The average molecular weight is 487 g/mol. The Balaban J connectivity index is 2.39. The number of aliphatic imine (C=N–C) groups is 1. The smallest absolute Gasteiger partial charge is 0.310 e. The topological polar surface area (TPSA) is 68.3 Å². The lowest BCUT2D eigenvalue weighted by Gasteiger charge is -2.41. The monoisotopic (exact) mass is 487 g/mol. The first-order valence-corrected chi connectivity index (χ1v) is 11.4. The van der Waals surface area contributed by atoms with Crippen LogP contribution in [0.25, 0.3) is 11.1 Å². The van der Waals surface area contributed by atoms with Gasteiger partial charge >= 0.3 is 10.2 Å². The fraction of sp³-hybridized carbons (Fsp3) is 0.136. The van der Waals surface area contributed by atoms with Crippen molar-refractivity contribution in [3.8, 4) is 11.1 Å². The molecule has 2 aromatic carbocycles. The molecule has 0 aliphatic heterocycles. The highest BCUT2D eigenvalue weighted by atomic mass is 32.5. The number of ketones is 1. The van der Waals surface area contributed by atoms with E-state index in [0.29, 0.717) is 5.56 Å². The number of hydrogen-bond donors (Lipinski definition) is 1. The number of aromatic nitrogens is 1. The SMILES string of the molecule is CC(=O)C(N=C(C)N)(c1cccc(S(F)(F)(F)(F)F)c1)c1ccc(F)c(-c2cccnc2)c1. The van der Waals surface area contributed by atoms with Gasteiger partial charge in [0.2, 0.25) is 0 Å². The predicted molar refractivity (Wildman–Crippen MR) is 116 cm³/mol. The van der Waals surface area contributed by atoms with Gasteiger partial charge in [-0.1, -0.05) is 43.7 Å². The third-order valence-corrected chi connectivity index (χ3v) is 6.05. The number of benzene rings is 2. The lowest BCUT2D eigenvalue weighted by atomic mass is 9.79. The van der Waals surface area contributed by atoms with Crippen LogP contribution in [0.1, 0.15) is 25.0 Å². The minimum absolute atomic E-state index is 0.0139. The van der Waals surface area contributed by atoms with Gasteiger partial charge in [-0.15, -0.1) is 0 Å². The van der Waals surface area contributed by atoms with Crippen LogP contribution in [-0.4, -0.2) is 16.6 Å². The van der Waals surface area contributed by atoms with Gasteiger partial charge in [0, 0.05) is 23.5 Å². The summed E-state index contributed by atoms with van der Waals surface area (Å²) in [7, 11) is -10.1. The fourth-order valence-corrected chi connectivity index (χ4v) is 4.19. The number of amidine groups is 1. The molecule has 3 aromatic rings. The molecule has 2 N–H and O–H groups in total. The zero-order valence-corrected chi connectivity index (χ0v) is 18.2. The van der Waals surface area contributed by atoms with Gasteiger partial charge in [-0.05, 0) is 55.3 Å². The highest BCUT2D eigenvalue weighted by Gasteiger charge is 2.65. The van der Waals surface area contributed by atoms with E-state index in [1.807, 2.05) is 0 Å². The van der Waals surface area contributed by atoms with Crippen LogP contribution in [0.4, 0.5) is 23.8 Å². The Hall–Kier alpha value is -3.34. The van der Waals surface area contributed by atoms with Gasteiger partial charge in [-0.3, -0.25) is 9.78 Å². The summed E-state index contributed by atoms with van der Waals surface area (Å²) >= 11 is 0. The van der Waals surface area contributed by atoms with E-state index in [4.69, 9.17) is 5.73 Å². The molecule has 0 bridgehead atoms. The lowest BCUT2D eigenvalue weighted by Crippen LogP contribution is -2.36. The molecular weight excluding hydrogens is 468 g/mol. The van der Waals surface area contributed by atoms with Gasteiger partial charge in [0.05, 0.1) is 5.84 Å². The number of halogens is 6. The number of carbonyl (C=O) groups is 1. The Labute approximate surface area is 185 Å². The maximum absolute atomic E-state index is 14.6. The summed E-state index contributed by atoms with van der Waals surface area (Å²) in [5.74, 6) is -1.70. The Morgan fingerprint density at radius 3 is 2.18 bits per heavy atom. The van der Waals surface area contributed by atoms with E-state index in [2.05, 4.69) is 9.98 Å². The second kappa shape index (κ2) is 7.34. The van der Waals surface area contributed by atoms with Crippen molar-refractivity contribution in [1.29, 1.82) is 0 Å². The third-order valence-electron chi connectivity index (χ3n) is 4.91. The number of hydrogen-bond acceptors (Lipinski definition) is 3. The normalized spacial score (nSPS) is 16.4. The summed E-state index contributed by atoms with van der Waals surface area (Å²) in [6.45, 7) is 2.32. The zero-order chi connectivity index (χ0) is 24.7. The summed E-state index contributed by atoms with van der Waals surface area (Å²) in [5.41, 5.74) is 3.22. The van der Waals surface area contributed by atoms with E-state index in [-0.39, 0.29) is 29.1 Å². The van der Waals surface area contributed by atoms with Crippen LogP contribution in [0, 0.1) is 5.82 Å². The molecule has 33 heavy (non-hydrogen) atoms. The maximum atomic E-state index is 14.6. The van der Waals surface area contributed by atoms with E-state index in [9.17, 15) is 28.6 Å². The van der Waals surface area contributed by atoms with Gasteiger partial charge in [0.1, 0.15) is 10.7 Å². The molecule has 0 saturated carbocycles. The quantitative estimate of drug-likeness (QED) is 0.237. The number of pyridine rings is 1. The van der Waals surface area contributed by atoms with Crippen LogP contribution < -0.4 is 5.73 Å². The zero-order valence-electron chi connectivity index (χ0n) is 17.4. The second-order valence-electron chi connectivity index (χ2n) is 7.45. The Morgan fingerprint density at radius 2 is 1.64 bits per heavy atom. The molecule has 0 aliphatic rings. The van der Waals surface area contributed by atoms with Gasteiger partial charge in [-0.25, -0.2) is 9.38 Å². The summed E-state index contributed by atoms with van der Waals surface area (Å²) in [6.07, 6.45) is 2.81. The van der Waals surface area contributed by atoms with E-state index in [0.717, 1.165) is 31.2 Å². The number of nitrogens with two attached hydrogens (primary N) is 1. The van der Waals surface area contributed by atoms with Crippen molar-refractivity contribution in [3.63, 3.8) is 0 Å². The largest absolute Gasteiger partial charge is 0.388 e. The van der Waals surface area contributed by atoms with E-state index in [1.165, 1.54) is 31.5 Å². The van der Waals surface area contributed by atoms with Crippen LogP contribution in [-0.2, 0) is 10.3 Å². The molecule has 1 unspecified atom stereocenters. The van der Waals surface area contributed by atoms with Gasteiger partial charge in [0.15, 0.2) is 11.3 Å². The van der Waals surface area contributed by atoms with Gasteiger partial charge < -0.3 is 5.73 Å². The first-order valence-electron chi connectivity index (χ1n) is 9.42. The molecule has 11 heteroatoms. The molecule has 0 radical (unpaired) electrons. The highest BCUT2D eigenvalue weighted by molar-refractivity contribution is 8.45. The molecule has 0 amide bonds. The Morgan fingerprint density at radius 1 is 0.970 bits per heavy atom. The van der Waals surface area contributed by atoms with Crippen molar-refractivity contribution in [2.75, 3.05) is 0 Å². The Kier molecular flexibility index (Phi) is 5.41. The van der Waals surface area contributed by atoms with Crippen molar-refractivity contribution in [2.45, 2.75) is 24.3 Å². The van der Waals surface area contributed by atoms with E-state index in [1.54, 1.807) is 6.07 Å². The molecule has 1 heterocycles. The van der Waals surface area contributed by atoms with Crippen LogP contribution >= 0.6 is 10.2 Å². The van der Waals surface area contributed by atoms with Crippen LogP contribution in [0.5, 0.6) is 0 Å². The molecule has 0 spiro atoms. The summed E-state index contributed by atoms with van der Waals surface area (Å²) in [6, 6.07) is 8.67. The minimum atomic E-state index is -10.1. The van der Waals surface area contributed by atoms with Crippen molar-refractivity contribution in [3.05, 3.63) is 83.9 Å². The van der Waals surface area contributed by atoms with Crippen LogP contribution in [0.2, 0.25) is 0 Å². The number of carbonyl (C=O) groups excluding carboxylic acids is 1. The molecule has 1 aromatic heterocycles. The predicted octanol–water partition coefficient (Wildman–Crippen LogP) is 6.75. The number of nitrogens with zero attached hydrogens (tertiary/aromatic N) is 2. The molecular formula is C22H19F6N3OS.